The highest BCUT2D eigenvalue weighted by atomic mass is 16.3. The molecule has 2 nitrogen and oxygen atoms in total. The molecule has 0 amide bonds. The van der Waals surface area contributed by atoms with Gasteiger partial charge in [0.05, 0.1) is 6.10 Å². The van der Waals surface area contributed by atoms with E-state index in [1.165, 1.54) is 16.7 Å². The highest BCUT2D eigenvalue weighted by molar-refractivity contribution is 5.37. The second kappa shape index (κ2) is 5.46. The minimum absolute atomic E-state index is 0.404. The van der Waals surface area contributed by atoms with E-state index in [-0.39, 0.29) is 0 Å². The number of rotatable bonds is 4. The molecule has 0 aromatic heterocycles. The van der Waals surface area contributed by atoms with Crippen LogP contribution in [0.2, 0.25) is 0 Å². The Bertz CT molecular complexity index is 358. The Kier molecular flexibility index (Phi) is 4.51. The van der Waals surface area contributed by atoms with E-state index in [0.717, 1.165) is 5.56 Å². The summed E-state index contributed by atoms with van der Waals surface area (Å²) in [4.78, 5) is 0. The molecule has 90 valence electrons. The van der Waals surface area contributed by atoms with E-state index in [1.807, 2.05) is 0 Å². The summed E-state index contributed by atoms with van der Waals surface area (Å²) in [6.07, 6.45) is -0.415. The average molecular weight is 221 g/mol. The molecule has 0 fully saturated rings. The Morgan fingerprint density at radius 1 is 1.06 bits per heavy atom. The molecule has 0 saturated carbocycles. The van der Waals surface area contributed by atoms with Crippen LogP contribution in [0.1, 0.15) is 42.2 Å². The average Bonchev–Trinajstić information content (AvgIpc) is 2.20. The fourth-order valence-corrected chi connectivity index (χ4v) is 1.80. The molecule has 16 heavy (non-hydrogen) atoms. The van der Waals surface area contributed by atoms with Gasteiger partial charge in [-0.15, -0.1) is 0 Å². The second-order valence-electron chi connectivity index (χ2n) is 4.87. The summed E-state index contributed by atoms with van der Waals surface area (Å²) in [7, 11) is 0. The van der Waals surface area contributed by atoms with Gasteiger partial charge in [0.2, 0.25) is 0 Å². The molecule has 1 rings (SSSR count). The number of aryl methyl sites for hydroxylation is 3. The number of aliphatic hydroxyl groups excluding tert-OH is 1. The summed E-state index contributed by atoms with van der Waals surface area (Å²) < 4.78 is 0. The summed E-state index contributed by atoms with van der Waals surface area (Å²) in [5.74, 6) is 0. The molecule has 0 aliphatic carbocycles. The number of nitrogens with one attached hydrogen (secondary N) is 1. The number of aliphatic hydroxyl groups is 1. The summed E-state index contributed by atoms with van der Waals surface area (Å²) in [5, 5.41) is 13.4. The van der Waals surface area contributed by atoms with E-state index < -0.39 is 6.10 Å². The lowest BCUT2D eigenvalue weighted by molar-refractivity contribution is 0.171. The quantitative estimate of drug-likeness (QED) is 0.819. The van der Waals surface area contributed by atoms with Crippen molar-refractivity contribution in [3.63, 3.8) is 0 Å². The first kappa shape index (κ1) is 13.2. The van der Waals surface area contributed by atoms with Gasteiger partial charge < -0.3 is 10.4 Å². The third-order valence-electron chi connectivity index (χ3n) is 2.96. The van der Waals surface area contributed by atoms with Crippen molar-refractivity contribution in [1.82, 2.24) is 5.32 Å². The molecule has 1 aromatic carbocycles. The van der Waals surface area contributed by atoms with E-state index in [9.17, 15) is 5.11 Å². The SMILES string of the molecule is Cc1cc(C)c(C(O)CNC(C)C)cc1C. The third-order valence-corrected chi connectivity index (χ3v) is 2.96. The summed E-state index contributed by atoms with van der Waals surface area (Å²) in [6, 6.07) is 4.64. The van der Waals surface area contributed by atoms with Crippen molar-refractivity contribution < 1.29 is 5.11 Å². The summed E-state index contributed by atoms with van der Waals surface area (Å²) in [5.41, 5.74) is 4.73. The smallest absolute Gasteiger partial charge is 0.0917 e. The van der Waals surface area contributed by atoms with Gasteiger partial charge in [0.25, 0.3) is 0 Å². The first-order chi connectivity index (χ1) is 7.41. The van der Waals surface area contributed by atoms with Crippen molar-refractivity contribution in [2.75, 3.05) is 6.54 Å². The van der Waals surface area contributed by atoms with E-state index >= 15 is 0 Å². The van der Waals surface area contributed by atoms with Crippen LogP contribution in [0.3, 0.4) is 0 Å². The number of benzene rings is 1. The maximum Gasteiger partial charge on any atom is 0.0917 e. The van der Waals surface area contributed by atoms with E-state index in [0.29, 0.717) is 12.6 Å². The van der Waals surface area contributed by atoms with Crippen molar-refractivity contribution in [3.05, 3.63) is 34.4 Å². The van der Waals surface area contributed by atoms with Crippen LogP contribution in [0, 0.1) is 20.8 Å². The Hall–Kier alpha value is -0.860. The molecule has 0 spiro atoms. The van der Waals surface area contributed by atoms with Gasteiger partial charge in [-0.05, 0) is 43.0 Å². The molecular formula is C14H23NO. The largest absolute Gasteiger partial charge is 0.387 e. The predicted octanol–water partition coefficient (Wildman–Crippen LogP) is 2.64. The van der Waals surface area contributed by atoms with Crippen LogP contribution in [0.5, 0.6) is 0 Å². The van der Waals surface area contributed by atoms with Crippen LogP contribution in [-0.4, -0.2) is 17.7 Å². The van der Waals surface area contributed by atoms with Gasteiger partial charge in [-0.2, -0.15) is 0 Å². The van der Waals surface area contributed by atoms with Crippen molar-refractivity contribution in [2.24, 2.45) is 0 Å². The van der Waals surface area contributed by atoms with Crippen LogP contribution in [0.4, 0.5) is 0 Å². The first-order valence-electron chi connectivity index (χ1n) is 5.91. The van der Waals surface area contributed by atoms with Crippen molar-refractivity contribution in [1.29, 1.82) is 0 Å². The number of hydrogen-bond donors (Lipinski definition) is 2. The third kappa shape index (κ3) is 3.32. The topological polar surface area (TPSA) is 32.3 Å². The molecule has 0 heterocycles. The van der Waals surface area contributed by atoms with Gasteiger partial charge in [-0.25, -0.2) is 0 Å². The maximum absolute atomic E-state index is 10.1. The maximum atomic E-state index is 10.1. The van der Waals surface area contributed by atoms with Crippen LogP contribution in [0.15, 0.2) is 12.1 Å². The molecule has 0 aliphatic heterocycles. The zero-order valence-corrected chi connectivity index (χ0v) is 11.0. The molecule has 0 saturated heterocycles. The minimum atomic E-state index is -0.415. The fraction of sp³-hybridized carbons (Fsp3) is 0.571. The monoisotopic (exact) mass is 221 g/mol. The highest BCUT2D eigenvalue weighted by Gasteiger charge is 2.11. The molecule has 1 unspecified atom stereocenters. The molecule has 0 bridgehead atoms. The van der Waals surface area contributed by atoms with Gasteiger partial charge in [0.1, 0.15) is 0 Å². The first-order valence-corrected chi connectivity index (χ1v) is 5.91. The van der Waals surface area contributed by atoms with E-state index in [1.54, 1.807) is 0 Å². The van der Waals surface area contributed by atoms with Crippen molar-refractivity contribution in [2.45, 2.75) is 46.8 Å². The normalized spacial score (nSPS) is 13.2. The molecule has 1 atom stereocenters. The van der Waals surface area contributed by atoms with E-state index in [4.69, 9.17) is 0 Å². The van der Waals surface area contributed by atoms with Gasteiger partial charge >= 0.3 is 0 Å². The molecule has 0 aliphatic rings. The van der Waals surface area contributed by atoms with E-state index in [2.05, 4.69) is 52.1 Å². The molecule has 2 N–H and O–H groups in total. The second-order valence-corrected chi connectivity index (χ2v) is 4.87. The van der Waals surface area contributed by atoms with Crippen LogP contribution in [-0.2, 0) is 0 Å². The fourth-order valence-electron chi connectivity index (χ4n) is 1.80. The lowest BCUT2D eigenvalue weighted by atomic mass is 9.97. The summed E-state index contributed by atoms with van der Waals surface area (Å²) >= 11 is 0. The Morgan fingerprint density at radius 2 is 1.62 bits per heavy atom. The zero-order valence-electron chi connectivity index (χ0n) is 11.0. The number of hydrogen-bond acceptors (Lipinski definition) is 2. The highest BCUT2D eigenvalue weighted by Crippen LogP contribution is 2.21. The lowest BCUT2D eigenvalue weighted by Crippen LogP contribution is -2.28. The molecular weight excluding hydrogens is 198 g/mol. The standard InChI is InChI=1S/C14H23NO/c1-9(2)15-8-14(16)13-7-11(4)10(3)6-12(13)5/h6-7,9,14-16H,8H2,1-5H3. The van der Waals surface area contributed by atoms with Crippen LogP contribution < -0.4 is 5.32 Å². The van der Waals surface area contributed by atoms with Crippen molar-refractivity contribution in [3.8, 4) is 0 Å². The van der Waals surface area contributed by atoms with Gasteiger partial charge in [-0.1, -0.05) is 26.0 Å². The van der Waals surface area contributed by atoms with Crippen LogP contribution in [0.25, 0.3) is 0 Å². The van der Waals surface area contributed by atoms with Crippen LogP contribution >= 0.6 is 0 Å². The lowest BCUT2D eigenvalue weighted by Gasteiger charge is -2.18. The predicted molar refractivity (Wildman–Crippen MR) is 68.8 cm³/mol. The summed E-state index contributed by atoms with van der Waals surface area (Å²) in [6.45, 7) is 11.0. The molecule has 0 radical (unpaired) electrons. The van der Waals surface area contributed by atoms with Gasteiger partial charge in [0.15, 0.2) is 0 Å². The Morgan fingerprint density at radius 3 is 2.19 bits per heavy atom. The van der Waals surface area contributed by atoms with Crippen molar-refractivity contribution >= 4 is 0 Å². The Balaban J connectivity index is 2.82. The van der Waals surface area contributed by atoms with Gasteiger partial charge in [0, 0.05) is 12.6 Å². The zero-order chi connectivity index (χ0) is 12.3. The minimum Gasteiger partial charge on any atom is -0.387 e. The molecule has 2 heteroatoms. The Labute approximate surface area is 98.7 Å². The molecule has 1 aromatic rings. The van der Waals surface area contributed by atoms with Gasteiger partial charge in [-0.3, -0.25) is 0 Å².